The molecule has 0 unspecified atom stereocenters. The summed E-state index contributed by atoms with van der Waals surface area (Å²) >= 11 is 0. The Morgan fingerprint density at radius 2 is 1.49 bits per heavy atom. The summed E-state index contributed by atoms with van der Waals surface area (Å²) in [6, 6.07) is 43.8. The molecule has 0 saturated carbocycles. The predicted molar refractivity (Wildman–Crippen MR) is 187 cm³/mol. The number of hydrogen-bond donors (Lipinski definition) is 0. The average molecular weight is 781 g/mol. The van der Waals surface area contributed by atoms with Gasteiger partial charge in [0.1, 0.15) is 5.58 Å². The van der Waals surface area contributed by atoms with Crippen LogP contribution in [0.4, 0.5) is 0 Å². The van der Waals surface area contributed by atoms with Gasteiger partial charge in [-0.3, -0.25) is 0 Å². The van der Waals surface area contributed by atoms with Crippen molar-refractivity contribution in [2.75, 3.05) is 0 Å². The van der Waals surface area contributed by atoms with E-state index in [1.165, 1.54) is 21.9 Å². The van der Waals surface area contributed by atoms with Gasteiger partial charge in [0.15, 0.2) is 0 Å². The average Bonchev–Trinajstić information content (AvgIpc) is 3.44. The van der Waals surface area contributed by atoms with Crippen LogP contribution in [-0.4, -0.2) is 18.0 Å². The van der Waals surface area contributed by atoms with Crippen molar-refractivity contribution in [3.8, 4) is 33.6 Å². The molecule has 0 fully saturated rings. The minimum atomic E-state index is -1.23. The van der Waals surface area contributed by atoms with Gasteiger partial charge in [0.25, 0.3) is 0 Å². The van der Waals surface area contributed by atoms with Gasteiger partial charge in [0.2, 0.25) is 0 Å². The summed E-state index contributed by atoms with van der Waals surface area (Å²) in [6.07, 6.45) is 3.88. The summed E-state index contributed by atoms with van der Waals surface area (Å²) in [5, 5.41) is 3.61. The van der Waals surface area contributed by atoms with E-state index in [-0.39, 0.29) is 20.1 Å². The van der Waals surface area contributed by atoms with E-state index in [0.717, 1.165) is 44.5 Å². The van der Waals surface area contributed by atoms with E-state index in [1.807, 2.05) is 48.8 Å². The fourth-order valence-electron chi connectivity index (χ4n) is 5.23. The maximum atomic E-state index is 6.26. The minimum Gasteiger partial charge on any atom is -0.501 e. The monoisotopic (exact) mass is 781 g/mol. The Bertz CT molecular complexity index is 2010. The van der Waals surface area contributed by atoms with Crippen molar-refractivity contribution in [3.05, 3.63) is 139 Å². The van der Waals surface area contributed by atoms with Crippen LogP contribution in [0.15, 0.2) is 126 Å². The Hall–Kier alpha value is -4.15. The second-order valence-corrected chi connectivity index (χ2v) is 17.4. The smallest absolute Gasteiger partial charge is 0.120 e. The molecule has 0 spiro atoms. The van der Waals surface area contributed by atoms with E-state index in [2.05, 4.69) is 128 Å². The Balaban J connectivity index is 0.000000202. The first kappa shape index (κ1) is 32.2. The number of rotatable bonds is 5. The Labute approximate surface area is 280 Å². The van der Waals surface area contributed by atoms with Crippen LogP contribution >= 0.6 is 0 Å². The molecule has 4 aromatic carbocycles. The van der Waals surface area contributed by atoms with Gasteiger partial charge >= 0.3 is 0 Å². The van der Waals surface area contributed by atoms with Crippen LogP contribution in [-0.2, 0) is 20.1 Å². The second-order valence-electron chi connectivity index (χ2n) is 12.4. The second kappa shape index (κ2) is 13.9. The summed E-state index contributed by atoms with van der Waals surface area (Å²) in [5.74, 6) is 0.449. The first-order chi connectivity index (χ1) is 21.3. The number of aromatic nitrogens is 2. The largest absolute Gasteiger partial charge is 0.501 e. The molecular weight excluding hydrogens is 745 g/mol. The van der Waals surface area contributed by atoms with Gasteiger partial charge in [-0.15, -0.1) is 54.1 Å². The first-order valence-corrected chi connectivity index (χ1v) is 18.6. The van der Waals surface area contributed by atoms with Crippen molar-refractivity contribution in [3.63, 3.8) is 0 Å². The normalized spacial score (nSPS) is 11.2. The van der Waals surface area contributed by atoms with Gasteiger partial charge < -0.3 is 14.4 Å². The molecule has 3 heterocycles. The quantitative estimate of drug-likeness (QED) is 0.129. The summed E-state index contributed by atoms with van der Waals surface area (Å²) in [7, 11) is -1.23. The molecule has 45 heavy (non-hydrogen) atoms. The molecule has 0 aliphatic carbocycles. The number of pyridine rings is 2. The Morgan fingerprint density at radius 1 is 0.689 bits per heavy atom. The van der Waals surface area contributed by atoms with Crippen LogP contribution in [0.3, 0.4) is 0 Å². The summed E-state index contributed by atoms with van der Waals surface area (Å²) < 4.78 is 6.26. The minimum absolute atomic E-state index is 0. The number of furan rings is 1. The van der Waals surface area contributed by atoms with Crippen molar-refractivity contribution in [1.29, 1.82) is 0 Å². The topological polar surface area (TPSA) is 38.9 Å². The van der Waals surface area contributed by atoms with Crippen LogP contribution in [0.25, 0.3) is 55.6 Å². The molecule has 0 saturated heterocycles. The van der Waals surface area contributed by atoms with Gasteiger partial charge in [0.05, 0.1) is 13.7 Å². The van der Waals surface area contributed by atoms with E-state index >= 15 is 0 Å². The zero-order chi connectivity index (χ0) is 30.7. The summed E-state index contributed by atoms with van der Waals surface area (Å²) in [6.45, 7) is 11.4. The molecular formula is C40H36IrN2OSi-2. The van der Waals surface area contributed by atoms with Crippen molar-refractivity contribution >= 4 is 35.2 Å². The molecule has 7 rings (SSSR count). The molecule has 227 valence electrons. The van der Waals surface area contributed by atoms with Crippen molar-refractivity contribution < 1.29 is 24.5 Å². The maximum Gasteiger partial charge on any atom is 0.120 e. The number of fused-ring (bicyclic) bond motifs is 3. The first-order valence-electron chi connectivity index (χ1n) is 15.1. The number of hydrogen-bond acceptors (Lipinski definition) is 3. The molecule has 1 radical (unpaired) electrons. The van der Waals surface area contributed by atoms with Crippen LogP contribution in [0.5, 0.6) is 0 Å². The third-order valence-electron chi connectivity index (χ3n) is 7.86. The summed E-state index contributed by atoms with van der Waals surface area (Å²) in [4.78, 5) is 9.11. The van der Waals surface area contributed by atoms with E-state index < -0.39 is 8.07 Å². The summed E-state index contributed by atoms with van der Waals surface area (Å²) in [5.41, 5.74) is 9.26. The third-order valence-corrected chi connectivity index (χ3v) is 9.89. The molecule has 5 heteroatoms. The third kappa shape index (κ3) is 7.23. The number of benzene rings is 4. The van der Waals surface area contributed by atoms with Crippen LogP contribution in [0.1, 0.15) is 25.3 Å². The standard InChI is InChI=1S/C26H20NO.C14H16NSi.Ir/c1-17(2)19-13-14-27-24(16-19)22-10-6-9-21-23-15-20(18-7-4-3-5-8-18)11-12-25(23)28-26(21)22;1-16(2,3)13-9-10-14(15-11-13)12-7-5-4-6-8-12;/h3-9,11-17H,1-2H3;4-7,9-11H,1-3H3;/q2*-1;. The number of nitrogens with zero attached hydrogens (tertiary/aromatic N) is 2. The predicted octanol–water partition coefficient (Wildman–Crippen LogP) is 10.3. The Morgan fingerprint density at radius 3 is 2.18 bits per heavy atom. The van der Waals surface area contributed by atoms with Crippen LogP contribution < -0.4 is 5.19 Å². The molecule has 0 aliphatic rings. The Kier molecular flexibility index (Phi) is 9.94. The van der Waals surface area contributed by atoms with Crippen molar-refractivity contribution in [2.45, 2.75) is 39.4 Å². The zero-order valence-electron chi connectivity index (χ0n) is 26.3. The molecule has 0 bridgehead atoms. The molecule has 0 N–H and O–H groups in total. The fourth-order valence-corrected chi connectivity index (χ4v) is 6.27. The molecule has 3 aromatic heterocycles. The van der Waals surface area contributed by atoms with E-state index in [9.17, 15) is 0 Å². The van der Waals surface area contributed by atoms with E-state index in [4.69, 9.17) is 4.42 Å². The van der Waals surface area contributed by atoms with E-state index in [1.54, 1.807) is 0 Å². The molecule has 0 atom stereocenters. The van der Waals surface area contributed by atoms with Gasteiger partial charge in [-0.1, -0.05) is 105 Å². The van der Waals surface area contributed by atoms with Crippen LogP contribution in [0, 0.1) is 12.1 Å². The van der Waals surface area contributed by atoms with Gasteiger partial charge in [-0.25, -0.2) is 0 Å². The SMILES string of the molecule is CC(C)c1ccnc(-c2[c-]ccc3c2oc2ccc(-c4ccccc4)cc23)c1.C[Si](C)(C)c1ccc(-c2[c-]cccc2)nc1.[Ir]. The molecule has 0 aliphatic heterocycles. The van der Waals surface area contributed by atoms with Gasteiger partial charge in [-0.2, -0.15) is 0 Å². The molecule has 7 aromatic rings. The van der Waals surface area contributed by atoms with Gasteiger partial charge in [0, 0.05) is 37.9 Å². The maximum absolute atomic E-state index is 6.26. The molecule has 3 nitrogen and oxygen atoms in total. The zero-order valence-corrected chi connectivity index (χ0v) is 29.7. The van der Waals surface area contributed by atoms with Crippen LogP contribution in [0.2, 0.25) is 19.6 Å². The van der Waals surface area contributed by atoms with E-state index in [0.29, 0.717) is 5.92 Å². The van der Waals surface area contributed by atoms with Gasteiger partial charge in [-0.05, 0) is 51.8 Å². The van der Waals surface area contributed by atoms with Crippen molar-refractivity contribution in [2.24, 2.45) is 0 Å². The molecule has 0 amide bonds. The van der Waals surface area contributed by atoms with Crippen molar-refractivity contribution in [1.82, 2.24) is 9.97 Å². The fraction of sp³-hybridized carbons (Fsp3) is 0.150.